The highest BCUT2D eigenvalue weighted by molar-refractivity contribution is 5.87. The minimum Gasteiger partial charge on any atom is -0.462 e. The normalized spacial score (nSPS) is 11.6. The number of esters is 1. The highest BCUT2D eigenvalue weighted by Crippen LogP contribution is 2.08. The topological polar surface area (TPSA) is 26.3 Å². The fraction of sp³-hybridized carbons (Fsp3) is 0.500. The van der Waals surface area contributed by atoms with E-state index in [4.69, 9.17) is 4.74 Å². The van der Waals surface area contributed by atoms with Gasteiger partial charge in [-0.25, -0.2) is 4.79 Å². The van der Waals surface area contributed by atoms with Crippen LogP contribution in [0.4, 0.5) is 0 Å². The summed E-state index contributed by atoms with van der Waals surface area (Å²) in [6.45, 7) is 9.46. The van der Waals surface area contributed by atoms with E-state index >= 15 is 0 Å². The summed E-state index contributed by atoms with van der Waals surface area (Å²) in [4.78, 5) is 11.5. The molecule has 0 aliphatic rings. The summed E-state index contributed by atoms with van der Waals surface area (Å²) in [6, 6.07) is 0. The maximum absolute atomic E-state index is 11.5. The molecule has 0 rings (SSSR count). The van der Waals surface area contributed by atoms with Gasteiger partial charge < -0.3 is 4.74 Å². The third kappa shape index (κ3) is 11.5. The van der Waals surface area contributed by atoms with Crippen LogP contribution in [0.5, 0.6) is 0 Å². The molecule has 0 N–H and O–H groups in total. The summed E-state index contributed by atoms with van der Waals surface area (Å²) in [5.41, 5.74) is 0.711. The summed E-state index contributed by atoms with van der Waals surface area (Å²) in [5.74, 6) is -0.207. The molecule has 0 aromatic heterocycles. The van der Waals surface area contributed by atoms with Gasteiger partial charge in [0.15, 0.2) is 0 Å². The van der Waals surface area contributed by atoms with Crippen LogP contribution in [0, 0.1) is 0 Å². The second-order valence-corrected chi connectivity index (χ2v) is 4.76. The van der Waals surface area contributed by atoms with Gasteiger partial charge in [0.2, 0.25) is 0 Å². The number of unbranched alkanes of at least 4 members (excludes halogenated alkanes) is 5. The van der Waals surface area contributed by atoms with Crippen molar-refractivity contribution in [1.29, 1.82) is 0 Å². The Bertz CT molecular complexity index is 337. The van der Waals surface area contributed by atoms with Gasteiger partial charge in [-0.2, -0.15) is 0 Å². The molecule has 2 nitrogen and oxygen atoms in total. The minimum atomic E-state index is -0.207. The molecule has 0 heterocycles. The van der Waals surface area contributed by atoms with Crippen molar-refractivity contribution in [3.05, 3.63) is 49.1 Å². The second-order valence-electron chi connectivity index (χ2n) is 4.76. The summed E-state index contributed by atoms with van der Waals surface area (Å²) >= 11 is 0. The van der Waals surface area contributed by atoms with Gasteiger partial charge in [0.1, 0.15) is 0 Å². The Kier molecular flexibility index (Phi) is 12.8. The van der Waals surface area contributed by atoms with Crippen LogP contribution in [0.2, 0.25) is 0 Å². The van der Waals surface area contributed by atoms with Crippen LogP contribution in [0.3, 0.4) is 0 Å². The molecule has 0 bridgehead atoms. The predicted octanol–water partition coefficient (Wildman–Crippen LogP) is 5.13. The number of carbonyl (C=O) groups is 1. The average Bonchev–Trinajstić information content (AvgIpc) is 2.45. The molecule has 0 saturated heterocycles. The molecule has 0 saturated carbocycles. The molecule has 0 amide bonds. The van der Waals surface area contributed by atoms with Crippen LogP contribution in [0.25, 0.3) is 0 Å². The van der Waals surface area contributed by atoms with Crippen molar-refractivity contribution >= 4 is 5.97 Å². The first-order valence-corrected chi connectivity index (χ1v) is 7.44. The van der Waals surface area contributed by atoms with Crippen molar-refractivity contribution in [3.8, 4) is 0 Å². The van der Waals surface area contributed by atoms with Gasteiger partial charge in [0.05, 0.1) is 6.61 Å². The lowest BCUT2D eigenvalue weighted by molar-refractivity contribution is -0.138. The van der Waals surface area contributed by atoms with E-state index < -0.39 is 0 Å². The lowest BCUT2D eigenvalue weighted by atomic mass is 10.1. The van der Waals surface area contributed by atoms with E-state index in [0.29, 0.717) is 18.6 Å². The molecule has 0 aromatic rings. The highest BCUT2D eigenvalue weighted by atomic mass is 16.5. The molecular weight excluding hydrogens is 248 g/mol. The van der Waals surface area contributed by atoms with E-state index in [1.807, 2.05) is 25.2 Å². The molecule has 0 aliphatic heterocycles. The van der Waals surface area contributed by atoms with Crippen molar-refractivity contribution in [2.75, 3.05) is 6.61 Å². The lowest BCUT2D eigenvalue weighted by Crippen LogP contribution is -2.06. The Morgan fingerprint density at radius 3 is 2.40 bits per heavy atom. The van der Waals surface area contributed by atoms with Crippen LogP contribution in [-0.4, -0.2) is 12.6 Å². The number of carbonyl (C=O) groups excluding carboxylic acids is 1. The number of ether oxygens (including phenoxy) is 1. The second kappa shape index (κ2) is 13.9. The van der Waals surface area contributed by atoms with Gasteiger partial charge in [-0.1, -0.05) is 49.8 Å². The van der Waals surface area contributed by atoms with Gasteiger partial charge in [0, 0.05) is 5.57 Å². The fourth-order valence-electron chi connectivity index (χ4n) is 1.70. The van der Waals surface area contributed by atoms with Gasteiger partial charge >= 0.3 is 5.97 Å². The first-order chi connectivity index (χ1) is 9.72. The molecule has 112 valence electrons. The summed E-state index contributed by atoms with van der Waals surface area (Å²) in [6.07, 6.45) is 17.2. The SMILES string of the molecule is C=C/C=C/CCCCCC/C=C(\C)C(=O)OCCC=C. The third-order valence-corrected chi connectivity index (χ3v) is 2.92. The zero-order valence-electron chi connectivity index (χ0n) is 12.8. The van der Waals surface area contributed by atoms with Crippen LogP contribution < -0.4 is 0 Å². The Balaban J connectivity index is 3.57. The van der Waals surface area contributed by atoms with E-state index in [9.17, 15) is 4.79 Å². The van der Waals surface area contributed by atoms with E-state index in [2.05, 4.69) is 19.2 Å². The summed E-state index contributed by atoms with van der Waals surface area (Å²) < 4.78 is 5.08. The molecule has 0 unspecified atom stereocenters. The Morgan fingerprint density at radius 2 is 1.75 bits per heavy atom. The largest absolute Gasteiger partial charge is 0.462 e. The van der Waals surface area contributed by atoms with E-state index in [-0.39, 0.29) is 5.97 Å². The summed E-state index contributed by atoms with van der Waals surface area (Å²) in [7, 11) is 0. The van der Waals surface area contributed by atoms with Crippen LogP contribution >= 0.6 is 0 Å². The predicted molar refractivity (Wildman–Crippen MR) is 86.6 cm³/mol. The van der Waals surface area contributed by atoms with Gasteiger partial charge in [0.25, 0.3) is 0 Å². The fourth-order valence-corrected chi connectivity index (χ4v) is 1.70. The molecule has 0 aromatic carbocycles. The van der Waals surface area contributed by atoms with E-state index in [1.165, 1.54) is 19.3 Å². The van der Waals surface area contributed by atoms with Gasteiger partial charge in [-0.3, -0.25) is 0 Å². The molecule has 0 atom stereocenters. The van der Waals surface area contributed by atoms with Crippen LogP contribution in [0.1, 0.15) is 51.9 Å². The summed E-state index contributed by atoms with van der Waals surface area (Å²) in [5, 5.41) is 0. The van der Waals surface area contributed by atoms with E-state index in [0.717, 1.165) is 19.3 Å². The zero-order chi connectivity index (χ0) is 15.1. The highest BCUT2D eigenvalue weighted by Gasteiger charge is 2.03. The van der Waals surface area contributed by atoms with Crippen molar-refractivity contribution < 1.29 is 9.53 Å². The Labute approximate surface area is 123 Å². The van der Waals surface area contributed by atoms with Crippen LogP contribution in [-0.2, 0) is 9.53 Å². The first-order valence-electron chi connectivity index (χ1n) is 7.44. The minimum absolute atomic E-state index is 0.207. The van der Waals surface area contributed by atoms with Crippen molar-refractivity contribution in [1.82, 2.24) is 0 Å². The maximum atomic E-state index is 11.5. The van der Waals surface area contributed by atoms with Gasteiger partial charge in [-0.15, -0.1) is 6.58 Å². The smallest absolute Gasteiger partial charge is 0.333 e. The average molecular weight is 276 g/mol. The maximum Gasteiger partial charge on any atom is 0.333 e. The number of rotatable bonds is 12. The molecule has 0 radical (unpaired) electrons. The molecule has 0 fully saturated rings. The monoisotopic (exact) mass is 276 g/mol. The third-order valence-electron chi connectivity index (χ3n) is 2.92. The molecule has 20 heavy (non-hydrogen) atoms. The molecular formula is C18H28O2. The van der Waals surface area contributed by atoms with Gasteiger partial charge in [-0.05, 0) is 39.0 Å². The first kappa shape index (κ1) is 18.4. The Hall–Kier alpha value is -1.57. The van der Waals surface area contributed by atoms with Crippen molar-refractivity contribution in [2.45, 2.75) is 51.9 Å². The quantitative estimate of drug-likeness (QED) is 0.162. The standard InChI is InChI=1S/C18H28O2/c1-4-6-8-9-10-11-12-13-14-15-17(3)18(19)20-16-7-5-2/h4-6,8,15H,1-2,7,9-14,16H2,3H3/b8-6+,17-15+. The van der Waals surface area contributed by atoms with Crippen molar-refractivity contribution in [2.24, 2.45) is 0 Å². The number of hydrogen-bond donors (Lipinski definition) is 0. The van der Waals surface area contributed by atoms with Crippen molar-refractivity contribution in [3.63, 3.8) is 0 Å². The molecule has 0 spiro atoms. The van der Waals surface area contributed by atoms with Crippen LogP contribution in [0.15, 0.2) is 49.1 Å². The lowest BCUT2D eigenvalue weighted by Gasteiger charge is -2.03. The molecule has 2 heteroatoms. The number of allylic oxidation sites excluding steroid dienone is 4. The van der Waals surface area contributed by atoms with E-state index in [1.54, 1.807) is 6.08 Å². The molecule has 0 aliphatic carbocycles. The zero-order valence-corrected chi connectivity index (χ0v) is 12.8. The number of hydrogen-bond acceptors (Lipinski definition) is 2. The Morgan fingerprint density at radius 1 is 1.05 bits per heavy atom.